The predicted molar refractivity (Wildman–Crippen MR) is 154 cm³/mol. The molecule has 2 bridgehead atoms. The second-order valence-corrected chi connectivity index (χ2v) is 14.0. The molecule has 0 radical (unpaired) electrons. The van der Waals surface area contributed by atoms with Gasteiger partial charge in [0.2, 0.25) is 5.88 Å². The number of amides is 1. The number of nitrogens with one attached hydrogen (secondary N) is 1. The Hall–Kier alpha value is -3.60. The van der Waals surface area contributed by atoms with E-state index in [4.69, 9.17) is 14.5 Å². The van der Waals surface area contributed by atoms with Gasteiger partial charge in [0.25, 0.3) is 15.9 Å². The minimum Gasteiger partial charge on any atom is -0.494 e. The Morgan fingerprint density at radius 2 is 1.93 bits per heavy atom. The molecule has 2 aliphatic heterocycles. The molecule has 1 saturated carbocycles. The van der Waals surface area contributed by atoms with Crippen LogP contribution in [-0.4, -0.2) is 53.9 Å². The standard InChI is InChI=1S/C30H37N5O5S/c1-29(2)13-11-21-6-5-18-39-22-7-4-8-23(20-22)41(37,38)33-28(36)24-9-10-25(31-27(24)35(21)29)34-17-12-26(32-34)40-19-16-30(3)14-15-30/h4,7-10,12,17,20-21H,5-6,11,13-16,18-19H2,1-3H3,(H,33,36). The molecule has 10 nitrogen and oxygen atoms in total. The van der Waals surface area contributed by atoms with Gasteiger partial charge in [-0.2, -0.15) is 0 Å². The molecular weight excluding hydrogens is 542 g/mol. The molecule has 3 aliphatic rings. The quantitative estimate of drug-likeness (QED) is 0.455. The first kappa shape index (κ1) is 27.6. The van der Waals surface area contributed by atoms with Crippen LogP contribution in [0, 0.1) is 5.41 Å². The van der Waals surface area contributed by atoms with Gasteiger partial charge in [-0.25, -0.2) is 22.8 Å². The molecule has 2 fully saturated rings. The normalized spacial score (nSPS) is 22.5. The summed E-state index contributed by atoms with van der Waals surface area (Å²) in [7, 11) is -4.15. The van der Waals surface area contributed by atoms with Crippen molar-refractivity contribution in [2.24, 2.45) is 5.41 Å². The summed E-state index contributed by atoms with van der Waals surface area (Å²) in [5.41, 5.74) is 0.294. The van der Waals surface area contributed by atoms with Gasteiger partial charge < -0.3 is 14.4 Å². The maximum Gasteiger partial charge on any atom is 0.268 e. The first-order chi connectivity index (χ1) is 19.5. The number of ether oxygens (including phenoxy) is 2. The molecule has 6 rings (SSSR count). The highest BCUT2D eigenvalue weighted by atomic mass is 32.2. The highest BCUT2D eigenvalue weighted by Gasteiger charge is 2.42. The zero-order chi connectivity index (χ0) is 28.8. The number of hydrogen-bond donors (Lipinski definition) is 1. The third-order valence-corrected chi connectivity index (χ3v) is 9.92. The Labute approximate surface area is 241 Å². The van der Waals surface area contributed by atoms with Gasteiger partial charge in [0, 0.05) is 29.9 Å². The number of aromatic nitrogens is 3. The van der Waals surface area contributed by atoms with Crippen molar-refractivity contribution in [3.63, 3.8) is 0 Å². The van der Waals surface area contributed by atoms with E-state index >= 15 is 0 Å². The summed E-state index contributed by atoms with van der Waals surface area (Å²) in [4.78, 5) is 20.7. The van der Waals surface area contributed by atoms with Gasteiger partial charge in [-0.1, -0.05) is 13.0 Å². The van der Waals surface area contributed by atoms with E-state index in [0.717, 1.165) is 32.1 Å². The molecule has 1 aliphatic carbocycles. The number of nitrogens with zero attached hydrogens (tertiary/aromatic N) is 4. The molecule has 2 aromatic heterocycles. The van der Waals surface area contributed by atoms with Crippen molar-refractivity contribution < 1.29 is 22.7 Å². The average Bonchev–Trinajstić information content (AvgIpc) is 3.34. The third-order valence-electron chi connectivity index (χ3n) is 8.59. The Balaban J connectivity index is 1.36. The van der Waals surface area contributed by atoms with E-state index in [9.17, 15) is 13.2 Å². The van der Waals surface area contributed by atoms with E-state index in [0.29, 0.717) is 41.9 Å². The summed E-state index contributed by atoms with van der Waals surface area (Å²) in [6.07, 6.45) is 8.71. The molecule has 1 unspecified atom stereocenters. The Morgan fingerprint density at radius 3 is 2.73 bits per heavy atom. The number of benzene rings is 1. The Bertz CT molecular complexity index is 1560. The van der Waals surface area contributed by atoms with Crippen LogP contribution in [0.2, 0.25) is 0 Å². The fourth-order valence-corrected chi connectivity index (χ4v) is 6.78. The van der Waals surface area contributed by atoms with Crippen molar-refractivity contribution in [2.45, 2.75) is 82.2 Å². The van der Waals surface area contributed by atoms with Crippen LogP contribution in [0.4, 0.5) is 5.82 Å². The lowest BCUT2D eigenvalue weighted by Crippen LogP contribution is -2.45. The number of fused-ring (bicyclic) bond motifs is 5. The van der Waals surface area contributed by atoms with Gasteiger partial charge in [-0.3, -0.25) is 4.79 Å². The number of pyridine rings is 1. The lowest BCUT2D eigenvalue weighted by molar-refractivity contribution is 0.0981. The molecule has 218 valence electrons. The van der Waals surface area contributed by atoms with E-state index in [1.165, 1.54) is 25.0 Å². The topological polar surface area (TPSA) is 116 Å². The van der Waals surface area contributed by atoms with Crippen LogP contribution in [-0.2, 0) is 10.0 Å². The van der Waals surface area contributed by atoms with Crippen LogP contribution in [0.3, 0.4) is 0 Å². The second kappa shape index (κ2) is 10.3. The monoisotopic (exact) mass is 579 g/mol. The zero-order valence-corrected chi connectivity index (χ0v) is 24.6. The molecule has 1 N–H and O–H groups in total. The van der Waals surface area contributed by atoms with Crippen molar-refractivity contribution >= 4 is 21.7 Å². The van der Waals surface area contributed by atoms with Gasteiger partial charge in [0.1, 0.15) is 11.6 Å². The Morgan fingerprint density at radius 1 is 1.10 bits per heavy atom. The van der Waals surface area contributed by atoms with Gasteiger partial charge in [-0.15, -0.1) is 5.10 Å². The second-order valence-electron chi connectivity index (χ2n) is 12.3. The van der Waals surface area contributed by atoms with Crippen LogP contribution in [0.1, 0.15) is 76.1 Å². The molecule has 4 heterocycles. The summed E-state index contributed by atoms with van der Waals surface area (Å²) in [5.74, 6) is 1.19. The summed E-state index contributed by atoms with van der Waals surface area (Å²) in [6, 6.07) is 11.4. The molecular formula is C30H37N5O5S. The van der Waals surface area contributed by atoms with Crippen LogP contribution in [0.15, 0.2) is 53.6 Å². The van der Waals surface area contributed by atoms with Crippen molar-refractivity contribution in [3.8, 4) is 17.4 Å². The molecule has 41 heavy (non-hydrogen) atoms. The van der Waals surface area contributed by atoms with Crippen LogP contribution in [0.5, 0.6) is 11.6 Å². The molecule has 1 aromatic carbocycles. The fourth-order valence-electron chi connectivity index (χ4n) is 5.78. The van der Waals surface area contributed by atoms with Crippen LogP contribution >= 0.6 is 0 Å². The van der Waals surface area contributed by atoms with Gasteiger partial charge in [-0.05, 0) is 88.5 Å². The van der Waals surface area contributed by atoms with Crippen molar-refractivity contribution in [2.75, 3.05) is 18.1 Å². The summed E-state index contributed by atoms with van der Waals surface area (Å²) in [5, 5.41) is 4.57. The maximum atomic E-state index is 13.6. The van der Waals surface area contributed by atoms with Crippen molar-refractivity contribution in [3.05, 3.63) is 54.2 Å². The van der Waals surface area contributed by atoms with E-state index < -0.39 is 15.9 Å². The molecule has 1 amide bonds. The zero-order valence-electron chi connectivity index (χ0n) is 23.8. The van der Waals surface area contributed by atoms with Crippen LogP contribution < -0.4 is 19.1 Å². The van der Waals surface area contributed by atoms with Gasteiger partial charge in [0.05, 0.1) is 23.7 Å². The number of anilines is 1. The number of sulfonamides is 1. The SMILES string of the molecule is CC1(CCOc2ccn(-c3ccc4c(n3)N3C(CCCOc5cccc(c5)S(=O)(=O)NC4=O)CCC3(C)C)n2)CC1. The van der Waals surface area contributed by atoms with Crippen LogP contribution in [0.25, 0.3) is 5.82 Å². The molecule has 1 saturated heterocycles. The van der Waals surface area contributed by atoms with E-state index in [2.05, 4.69) is 35.5 Å². The largest absolute Gasteiger partial charge is 0.494 e. The molecule has 3 aromatic rings. The number of carbonyl (C=O) groups is 1. The molecule has 11 heteroatoms. The van der Waals surface area contributed by atoms with Gasteiger partial charge >= 0.3 is 0 Å². The van der Waals surface area contributed by atoms with E-state index in [1.807, 2.05) is 0 Å². The number of carbonyl (C=O) groups excluding carboxylic acids is 1. The van der Waals surface area contributed by atoms with Crippen molar-refractivity contribution in [1.29, 1.82) is 0 Å². The van der Waals surface area contributed by atoms with E-state index in [1.54, 1.807) is 41.2 Å². The predicted octanol–water partition coefficient (Wildman–Crippen LogP) is 4.88. The van der Waals surface area contributed by atoms with Crippen molar-refractivity contribution in [1.82, 2.24) is 19.5 Å². The summed E-state index contributed by atoms with van der Waals surface area (Å²) in [6.45, 7) is 7.59. The molecule has 0 spiro atoms. The smallest absolute Gasteiger partial charge is 0.268 e. The lowest BCUT2D eigenvalue weighted by Gasteiger charge is -2.38. The highest BCUT2D eigenvalue weighted by molar-refractivity contribution is 7.90. The summed E-state index contributed by atoms with van der Waals surface area (Å²) >= 11 is 0. The third kappa shape index (κ3) is 5.77. The average molecular weight is 580 g/mol. The minimum atomic E-state index is -4.15. The fraction of sp³-hybridized carbons (Fsp3) is 0.500. The number of hydrogen-bond acceptors (Lipinski definition) is 8. The maximum absolute atomic E-state index is 13.6. The Kier molecular flexibility index (Phi) is 6.96. The minimum absolute atomic E-state index is 0.0364. The number of rotatable bonds is 5. The van der Waals surface area contributed by atoms with E-state index in [-0.39, 0.29) is 22.0 Å². The summed E-state index contributed by atoms with van der Waals surface area (Å²) < 4.78 is 42.1. The lowest BCUT2D eigenvalue weighted by atomic mass is 10.0. The highest BCUT2D eigenvalue weighted by Crippen LogP contribution is 2.48. The first-order valence-corrected chi connectivity index (χ1v) is 15.8. The van der Waals surface area contributed by atoms with Gasteiger partial charge in [0.15, 0.2) is 5.82 Å². The molecule has 1 atom stereocenters. The first-order valence-electron chi connectivity index (χ1n) is 14.3.